The zero-order valence-corrected chi connectivity index (χ0v) is 13.5. The summed E-state index contributed by atoms with van der Waals surface area (Å²) in [5.41, 5.74) is 1.09. The van der Waals surface area contributed by atoms with Crippen molar-refractivity contribution < 1.29 is 9.18 Å². The number of benzene rings is 1. The number of nitrogens with zero attached hydrogens (tertiary/aromatic N) is 5. The van der Waals surface area contributed by atoms with E-state index >= 15 is 0 Å². The van der Waals surface area contributed by atoms with Gasteiger partial charge in [0, 0.05) is 32.6 Å². The van der Waals surface area contributed by atoms with Crippen LogP contribution in [0.5, 0.6) is 0 Å². The quantitative estimate of drug-likeness (QED) is 0.854. The van der Waals surface area contributed by atoms with Crippen LogP contribution in [-0.2, 0) is 31.0 Å². The van der Waals surface area contributed by atoms with Crippen molar-refractivity contribution in [3.8, 4) is 0 Å². The molecule has 0 bridgehead atoms. The largest absolute Gasteiger partial charge is 0.335 e. The third-order valence-corrected chi connectivity index (χ3v) is 4.73. The molecule has 1 saturated heterocycles. The Kier molecular flexibility index (Phi) is 4.02. The van der Waals surface area contributed by atoms with Crippen LogP contribution in [0.4, 0.5) is 4.39 Å². The molecule has 1 amide bonds. The smallest absolute Gasteiger partial charge is 0.223 e. The Morgan fingerprint density at radius 2 is 1.88 bits per heavy atom. The zero-order chi connectivity index (χ0) is 16.5. The molecule has 0 aliphatic carbocycles. The highest BCUT2D eigenvalue weighted by Gasteiger charge is 2.25. The molecule has 0 N–H and O–H groups in total. The molecule has 0 spiro atoms. The second kappa shape index (κ2) is 6.32. The molecule has 2 aliphatic heterocycles. The first kappa shape index (κ1) is 15.3. The van der Waals surface area contributed by atoms with Crippen LogP contribution in [0.15, 0.2) is 24.3 Å². The SMILES string of the molecule is O=C1CCCN1Cc1nnc2n1CCN(Cc1ccc(F)cc1)C2. The third-order valence-electron chi connectivity index (χ3n) is 4.73. The van der Waals surface area contributed by atoms with Gasteiger partial charge in [0.15, 0.2) is 5.82 Å². The average Bonchev–Trinajstić information content (AvgIpc) is 3.17. The molecule has 1 fully saturated rings. The minimum absolute atomic E-state index is 0.209. The zero-order valence-electron chi connectivity index (χ0n) is 13.5. The number of likely N-dealkylation sites (tertiary alicyclic amines) is 1. The Bertz CT molecular complexity index is 742. The van der Waals surface area contributed by atoms with Crippen molar-refractivity contribution in [2.45, 2.75) is 39.0 Å². The Morgan fingerprint density at radius 3 is 2.62 bits per heavy atom. The van der Waals surface area contributed by atoms with E-state index in [0.717, 1.165) is 56.4 Å². The topological polar surface area (TPSA) is 54.3 Å². The number of hydrogen-bond donors (Lipinski definition) is 0. The van der Waals surface area contributed by atoms with E-state index in [2.05, 4.69) is 19.7 Å². The fourth-order valence-corrected chi connectivity index (χ4v) is 3.41. The highest BCUT2D eigenvalue weighted by molar-refractivity contribution is 5.77. The number of carbonyl (C=O) groups excluding carboxylic acids is 1. The Morgan fingerprint density at radius 1 is 1.04 bits per heavy atom. The summed E-state index contributed by atoms with van der Waals surface area (Å²) in [5.74, 6) is 1.81. The lowest BCUT2D eigenvalue weighted by Gasteiger charge is -2.28. The molecule has 0 unspecified atom stereocenters. The molecule has 0 atom stereocenters. The number of hydrogen-bond acceptors (Lipinski definition) is 4. The van der Waals surface area contributed by atoms with E-state index in [1.165, 1.54) is 12.1 Å². The molecule has 1 aromatic carbocycles. The van der Waals surface area contributed by atoms with E-state index in [9.17, 15) is 9.18 Å². The number of halogens is 1. The van der Waals surface area contributed by atoms with Gasteiger partial charge < -0.3 is 9.47 Å². The summed E-state index contributed by atoms with van der Waals surface area (Å²) >= 11 is 0. The number of fused-ring (bicyclic) bond motifs is 1. The molecule has 0 saturated carbocycles. The molecule has 1 aromatic heterocycles. The first-order chi connectivity index (χ1) is 11.7. The second-order valence-corrected chi connectivity index (χ2v) is 6.44. The molecule has 126 valence electrons. The summed E-state index contributed by atoms with van der Waals surface area (Å²) in [4.78, 5) is 15.9. The molecule has 2 aromatic rings. The first-order valence-corrected chi connectivity index (χ1v) is 8.34. The van der Waals surface area contributed by atoms with Gasteiger partial charge in [0.2, 0.25) is 5.91 Å². The summed E-state index contributed by atoms with van der Waals surface area (Å²) in [7, 11) is 0. The molecule has 4 rings (SSSR count). The van der Waals surface area contributed by atoms with E-state index in [4.69, 9.17) is 0 Å². The number of rotatable bonds is 4. The Labute approximate surface area is 139 Å². The molecule has 6 nitrogen and oxygen atoms in total. The predicted molar refractivity (Wildman–Crippen MR) is 85.2 cm³/mol. The fraction of sp³-hybridized carbons (Fsp3) is 0.471. The maximum Gasteiger partial charge on any atom is 0.223 e. The highest BCUT2D eigenvalue weighted by atomic mass is 19.1. The van der Waals surface area contributed by atoms with Crippen molar-refractivity contribution >= 4 is 5.91 Å². The van der Waals surface area contributed by atoms with Crippen LogP contribution >= 0.6 is 0 Å². The van der Waals surface area contributed by atoms with Gasteiger partial charge in [-0.2, -0.15) is 0 Å². The van der Waals surface area contributed by atoms with Crippen molar-refractivity contribution in [3.63, 3.8) is 0 Å². The predicted octanol–water partition coefficient (Wildman–Crippen LogP) is 1.56. The minimum Gasteiger partial charge on any atom is -0.335 e. The van der Waals surface area contributed by atoms with Crippen LogP contribution < -0.4 is 0 Å². The lowest BCUT2D eigenvalue weighted by molar-refractivity contribution is -0.128. The van der Waals surface area contributed by atoms with Crippen LogP contribution in [0, 0.1) is 5.82 Å². The van der Waals surface area contributed by atoms with Gasteiger partial charge in [-0.25, -0.2) is 4.39 Å². The second-order valence-electron chi connectivity index (χ2n) is 6.44. The van der Waals surface area contributed by atoms with E-state index in [1.807, 2.05) is 17.0 Å². The van der Waals surface area contributed by atoms with Gasteiger partial charge in [-0.15, -0.1) is 10.2 Å². The van der Waals surface area contributed by atoms with Gasteiger partial charge in [0.1, 0.15) is 11.6 Å². The van der Waals surface area contributed by atoms with Crippen molar-refractivity contribution in [2.75, 3.05) is 13.1 Å². The van der Waals surface area contributed by atoms with E-state index in [0.29, 0.717) is 13.0 Å². The summed E-state index contributed by atoms with van der Waals surface area (Å²) < 4.78 is 15.1. The summed E-state index contributed by atoms with van der Waals surface area (Å²) in [6, 6.07) is 6.62. The van der Waals surface area contributed by atoms with Crippen LogP contribution in [0.25, 0.3) is 0 Å². The normalized spacial score (nSPS) is 18.2. The summed E-state index contributed by atoms with van der Waals surface area (Å²) in [6.07, 6.45) is 1.58. The molecule has 0 radical (unpaired) electrons. The summed E-state index contributed by atoms with van der Waals surface area (Å²) in [5, 5.41) is 8.59. The van der Waals surface area contributed by atoms with E-state index in [-0.39, 0.29) is 11.7 Å². The van der Waals surface area contributed by atoms with Gasteiger partial charge in [0.05, 0.1) is 13.1 Å². The average molecular weight is 329 g/mol. The molecular weight excluding hydrogens is 309 g/mol. The minimum atomic E-state index is -0.210. The standard InChI is InChI=1S/C17H20FN5O/c18-14-5-3-13(4-6-14)10-21-8-9-23-15(11-21)19-20-16(23)12-22-7-1-2-17(22)24/h3-6H,1-2,7-12H2. The van der Waals surface area contributed by atoms with Crippen LogP contribution in [0.2, 0.25) is 0 Å². The van der Waals surface area contributed by atoms with Gasteiger partial charge >= 0.3 is 0 Å². The number of amides is 1. The Hall–Kier alpha value is -2.28. The maximum absolute atomic E-state index is 13.0. The monoisotopic (exact) mass is 329 g/mol. The van der Waals surface area contributed by atoms with Gasteiger partial charge in [0.25, 0.3) is 0 Å². The molecule has 24 heavy (non-hydrogen) atoms. The first-order valence-electron chi connectivity index (χ1n) is 8.34. The Balaban J connectivity index is 1.42. The van der Waals surface area contributed by atoms with Gasteiger partial charge in [-0.05, 0) is 24.1 Å². The van der Waals surface area contributed by atoms with Crippen LogP contribution in [0.3, 0.4) is 0 Å². The molecule has 7 heteroatoms. The number of aromatic nitrogens is 3. The fourth-order valence-electron chi connectivity index (χ4n) is 3.41. The summed E-state index contributed by atoms with van der Waals surface area (Å²) in [6.45, 7) is 4.58. The van der Waals surface area contributed by atoms with E-state index < -0.39 is 0 Å². The van der Waals surface area contributed by atoms with Crippen molar-refractivity contribution in [1.29, 1.82) is 0 Å². The van der Waals surface area contributed by atoms with Gasteiger partial charge in [-0.1, -0.05) is 12.1 Å². The third kappa shape index (κ3) is 3.03. The number of carbonyl (C=O) groups is 1. The van der Waals surface area contributed by atoms with Crippen molar-refractivity contribution in [3.05, 3.63) is 47.3 Å². The molecular formula is C17H20FN5O. The lowest BCUT2D eigenvalue weighted by atomic mass is 10.2. The molecule has 2 aliphatic rings. The van der Waals surface area contributed by atoms with Crippen molar-refractivity contribution in [2.24, 2.45) is 0 Å². The van der Waals surface area contributed by atoms with Gasteiger partial charge in [-0.3, -0.25) is 9.69 Å². The van der Waals surface area contributed by atoms with E-state index in [1.54, 1.807) is 0 Å². The molecule has 3 heterocycles. The maximum atomic E-state index is 13.0. The lowest BCUT2D eigenvalue weighted by Crippen LogP contribution is -2.35. The van der Waals surface area contributed by atoms with Crippen LogP contribution in [0.1, 0.15) is 30.1 Å². The van der Waals surface area contributed by atoms with Crippen molar-refractivity contribution in [1.82, 2.24) is 24.6 Å². The highest BCUT2D eigenvalue weighted by Crippen LogP contribution is 2.18. The van der Waals surface area contributed by atoms with Crippen LogP contribution in [-0.4, -0.2) is 43.6 Å².